The average molecular weight is 200 g/mol. The molecule has 72 valence electrons. The van der Waals surface area contributed by atoms with Crippen LogP contribution in [0.4, 0.5) is 5.13 Å². The van der Waals surface area contributed by atoms with Crippen LogP contribution in [0, 0.1) is 5.92 Å². The van der Waals surface area contributed by atoms with Gasteiger partial charge in [-0.15, -0.1) is 10.2 Å². The summed E-state index contributed by atoms with van der Waals surface area (Å²) in [5.74, 6) is -0.0975. The molecule has 0 aliphatic carbocycles. The van der Waals surface area contributed by atoms with Gasteiger partial charge in [0.2, 0.25) is 11.0 Å². The fraction of sp³-hybridized carbons (Fsp3) is 0.571. The lowest BCUT2D eigenvalue weighted by Gasteiger charge is -2.13. The number of carbonyl (C=O) groups is 1. The molecule has 1 aromatic heterocycles. The largest absolute Gasteiger partial charge is 0.320 e. The van der Waals surface area contributed by atoms with Crippen LogP contribution >= 0.6 is 11.3 Å². The van der Waals surface area contributed by atoms with Crippen LogP contribution < -0.4 is 11.1 Å². The number of carbonyl (C=O) groups excluding carboxylic acids is 1. The highest BCUT2D eigenvalue weighted by molar-refractivity contribution is 7.13. The highest BCUT2D eigenvalue weighted by Crippen LogP contribution is 2.09. The van der Waals surface area contributed by atoms with E-state index in [1.54, 1.807) is 5.51 Å². The van der Waals surface area contributed by atoms with Crippen molar-refractivity contribution in [2.75, 3.05) is 5.32 Å². The molecule has 13 heavy (non-hydrogen) atoms. The minimum Gasteiger partial charge on any atom is -0.320 e. The van der Waals surface area contributed by atoms with Crippen LogP contribution in [-0.2, 0) is 4.79 Å². The summed E-state index contributed by atoms with van der Waals surface area (Å²) in [7, 11) is 0. The van der Waals surface area contributed by atoms with E-state index in [0.717, 1.165) is 0 Å². The first-order valence-electron chi connectivity index (χ1n) is 3.94. The standard InChI is InChI=1S/C7H12N4OS/c1-4(2)5(8)6(12)10-7-11-9-3-13-7/h3-5H,8H2,1-2H3,(H,10,11,12). The molecule has 1 rings (SSSR count). The Bertz CT molecular complexity index is 272. The van der Waals surface area contributed by atoms with Gasteiger partial charge < -0.3 is 5.73 Å². The molecule has 6 heteroatoms. The molecule has 0 aliphatic heterocycles. The first kappa shape index (κ1) is 10.1. The van der Waals surface area contributed by atoms with Crippen LogP contribution in [0.25, 0.3) is 0 Å². The Morgan fingerprint density at radius 1 is 1.69 bits per heavy atom. The number of nitrogens with two attached hydrogens (primary N) is 1. The van der Waals surface area contributed by atoms with E-state index >= 15 is 0 Å². The molecule has 0 saturated carbocycles. The van der Waals surface area contributed by atoms with Crippen LogP contribution in [0.2, 0.25) is 0 Å². The Hall–Kier alpha value is -1.01. The van der Waals surface area contributed by atoms with Crippen molar-refractivity contribution in [2.24, 2.45) is 11.7 Å². The molecule has 5 nitrogen and oxygen atoms in total. The number of hydrogen-bond donors (Lipinski definition) is 2. The van der Waals surface area contributed by atoms with Gasteiger partial charge in [-0.05, 0) is 5.92 Å². The van der Waals surface area contributed by atoms with Gasteiger partial charge >= 0.3 is 0 Å². The lowest BCUT2D eigenvalue weighted by atomic mass is 10.1. The van der Waals surface area contributed by atoms with Crippen LogP contribution in [0.15, 0.2) is 5.51 Å². The van der Waals surface area contributed by atoms with E-state index < -0.39 is 6.04 Å². The molecule has 1 aromatic rings. The first-order valence-corrected chi connectivity index (χ1v) is 4.82. The van der Waals surface area contributed by atoms with Crippen LogP contribution in [-0.4, -0.2) is 22.1 Å². The second kappa shape index (κ2) is 4.29. The van der Waals surface area contributed by atoms with Gasteiger partial charge in [0.1, 0.15) is 5.51 Å². The number of hydrogen-bond acceptors (Lipinski definition) is 5. The summed E-state index contributed by atoms with van der Waals surface area (Å²) in [6.07, 6.45) is 0. The third-order valence-corrected chi connectivity index (χ3v) is 2.22. The quantitative estimate of drug-likeness (QED) is 0.742. The van der Waals surface area contributed by atoms with E-state index in [2.05, 4.69) is 15.5 Å². The Kier molecular flexibility index (Phi) is 3.32. The fourth-order valence-electron chi connectivity index (χ4n) is 0.719. The fourth-order valence-corrected chi connectivity index (χ4v) is 1.17. The third-order valence-electron chi connectivity index (χ3n) is 1.61. The summed E-state index contributed by atoms with van der Waals surface area (Å²) in [5.41, 5.74) is 7.17. The van der Waals surface area contributed by atoms with Gasteiger partial charge in [0, 0.05) is 0 Å². The maximum atomic E-state index is 11.4. The van der Waals surface area contributed by atoms with E-state index in [1.807, 2.05) is 13.8 Å². The van der Waals surface area contributed by atoms with Crippen LogP contribution in [0.5, 0.6) is 0 Å². The lowest BCUT2D eigenvalue weighted by molar-refractivity contribution is -0.118. The van der Waals surface area contributed by atoms with Crippen LogP contribution in [0.3, 0.4) is 0 Å². The molecule has 0 saturated heterocycles. The zero-order chi connectivity index (χ0) is 9.84. The zero-order valence-electron chi connectivity index (χ0n) is 7.52. The number of aromatic nitrogens is 2. The molecule has 0 bridgehead atoms. The maximum Gasteiger partial charge on any atom is 0.243 e. The van der Waals surface area contributed by atoms with Gasteiger partial charge in [0.15, 0.2) is 0 Å². The summed E-state index contributed by atoms with van der Waals surface area (Å²) in [5, 5.41) is 10.3. The highest BCUT2D eigenvalue weighted by atomic mass is 32.1. The summed E-state index contributed by atoms with van der Waals surface area (Å²) in [4.78, 5) is 11.4. The lowest BCUT2D eigenvalue weighted by Crippen LogP contribution is -2.39. The monoisotopic (exact) mass is 200 g/mol. The molecule has 0 aliphatic rings. The van der Waals surface area contributed by atoms with E-state index in [1.165, 1.54) is 11.3 Å². The van der Waals surface area contributed by atoms with Crippen molar-refractivity contribution in [3.63, 3.8) is 0 Å². The second-order valence-corrected chi connectivity index (χ2v) is 3.84. The van der Waals surface area contributed by atoms with Crippen molar-refractivity contribution in [1.82, 2.24) is 10.2 Å². The topological polar surface area (TPSA) is 80.9 Å². The summed E-state index contributed by atoms with van der Waals surface area (Å²) < 4.78 is 0. The first-order chi connectivity index (χ1) is 6.11. The number of nitrogens with zero attached hydrogens (tertiary/aromatic N) is 2. The molecule has 0 spiro atoms. The Morgan fingerprint density at radius 3 is 2.85 bits per heavy atom. The Balaban J connectivity index is 2.51. The highest BCUT2D eigenvalue weighted by Gasteiger charge is 2.17. The number of nitrogens with one attached hydrogen (secondary N) is 1. The molecule has 0 radical (unpaired) electrons. The van der Waals surface area contributed by atoms with Crippen molar-refractivity contribution in [2.45, 2.75) is 19.9 Å². The van der Waals surface area contributed by atoms with E-state index in [-0.39, 0.29) is 11.8 Å². The van der Waals surface area contributed by atoms with Gasteiger partial charge in [-0.3, -0.25) is 10.1 Å². The zero-order valence-corrected chi connectivity index (χ0v) is 8.34. The molecule has 1 heterocycles. The molecule has 1 amide bonds. The number of rotatable bonds is 3. The van der Waals surface area contributed by atoms with Crippen LogP contribution in [0.1, 0.15) is 13.8 Å². The molecule has 1 unspecified atom stereocenters. The minimum absolute atomic E-state index is 0.118. The van der Waals surface area contributed by atoms with E-state index in [0.29, 0.717) is 5.13 Å². The van der Waals surface area contributed by atoms with Crippen molar-refractivity contribution >= 4 is 22.4 Å². The van der Waals surface area contributed by atoms with Gasteiger partial charge in [-0.1, -0.05) is 25.2 Å². The Morgan fingerprint density at radius 2 is 2.38 bits per heavy atom. The molecule has 0 fully saturated rings. The normalized spacial score (nSPS) is 12.9. The minimum atomic E-state index is -0.496. The predicted molar refractivity (Wildman–Crippen MR) is 51.4 cm³/mol. The molecule has 0 aromatic carbocycles. The SMILES string of the molecule is CC(C)C(N)C(=O)Nc1nncs1. The van der Waals surface area contributed by atoms with E-state index in [9.17, 15) is 4.79 Å². The molecule has 3 N–H and O–H groups in total. The van der Waals surface area contributed by atoms with E-state index in [4.69, 9.17) is 5.73 Å². The number of anilines is 1. The van der Waals surface area contributed by atoms with Gasteiger partial charge in [-0.25, -0.2) is 0 Å². The smallest absolute Gasteiger partial charge is 0.243 e. The molecule has 1 atom stereocenters. The predicted octanol–water partition coefficient (Wildman–Crippen LogP) is 0.460. The molecular weight excluding hydrogens is 188 g/mol. The second-order valence-electron chi connectivity index (χ2n) is 3.00. The summed E-state index contributed by atoms with van der Waals surface area (Å²) >= 11 is 1.27. The van der Waals surface area contributed by atoms with Crippen molar-refractivity contribution in [1.29, 1.82) is 0 Å². The maximum absolute atomic E-state index is 11.4. The molecular formula is C7H12N4OS. The van der Waals surface area contributed by atoms with Crippen molar-refractivity contribution < 1.29 is 4.79 Å². The van der Waals surface area contributed by atoms with Crippen molar-refractivity contribution in [3.8, 4) is 0 Å². The number of amides is 1. The van der Waals surface area contributed by atoms with Gasteiger partial charge in [-0.2, -0.15) is 0 Å². The van der Waals surface area contributed by atoms with Crippen molar-refractivity contribution in [3.05, 3.63) is 5.51 Å². The van der Waals surface area contributed by atoms with Gasteiger partial charge in [0.05, 0.1) is 6.04 Å². The summed E-state index contributed by atoms with van der Waals surface area (Å²) in [6.45, 7) is 3.79. The average Bonchev–Trinajstić information content (AvgIpc) is 2.55. The third kappa shape index (κ3) is 2.74. The summed E-state index contributed by atoms with van der Waals surface area (Å²) in [6, 6.07) is -0.496. The Labute approximate surface area is 80.4 Å². The van der Waals surface area contributed by atoms with Gasteiger partial charge in [0.25, 0.3) is 0 Å².